The van der Waals surface area contributed by atoms with Gasteiger partial charge < -0.3 is 10.8 Å². The molecule has 0 aliphatic heterocycles. The molecule has 88 valence electrons. The number of nitriles is 1. The number of rotatable bonds is 2. The molecule has 4 nitrogen and oxygen atoms in total. The maximum atomic E-state index is 11.0. The van der Waals surface area contributed by atoms with E-state index in [2.05, 4.69) is 0 Å². The predicted molar refractivity (Wildman–Crippen MR) is 68.4 cm³/mol. The van der Waals surface area contributed by atoms with Crippen molar-refractivity contribution in [2.45, 2.75) is 0 Å². The summed E-state index contributed by atoms with van der Waals surface area (Å²) in [4.78, 5) is 11.0. The highest BCUT2D eigenvalue weighted by Crippen LogP contribution is 2.26. The summed E-state index contributed by atoms with van der Waals surface area (Å²) in [5.74, 6) is -0.716. The molecule has 0 heterocycles. The van der Waals surface area contributed by atoms with E-state index in [0.29, 0.717) is 5.56 Å². The quantitative estimate of drug-likeness (QED) is 0.619. The second-order valence-corrected chi connectivity index (χ2v) is 3.79. The van der Waals surface area contributed by atoms with Crippen molar-refractivity contribution in [2.75, 3.05) is 0 Å². The number of aromatic hydroxyl groups is 1. The van der Waals surface area contributed by atoms with Crippen molar-refractivity contribution in [2.24, 2.45) is 5.73 Å². The van der Waals surface area contributed by atoms with Crippen molar-refractivity contribution in [1.29, 1.82) is 5.26 Å². The van der Waals surface area contributed by atoms with Gasteiger partial charge in [0.2, 0.25) is 0 Å². The lowest BCUT2D eigenvalue weighted by atomic mass is 10.0. The van der Waals surface area contributed by atoms with Crippen molar-refractivity contribution in [1.82, 2.24) is 0 Å². The largest absolute Gasteiger partial charge is 0.508 e. The molecule has 18 heavy (non-hydrogen) atoms. The van der Waals surface area contributed by atoms with E-state index in [4.69, 9.17) is 11.0 Å². The monoisotopic (exact) mass is 238 g/mol. The summed E-state index contributed by atoms with van der Waals surface area (Å²) in [6.07, 6.45) is 1.38. The van der Waals surface area contributed by atoms with Crippen molar-refractivity contribution in [3.8, 4) is 11.8 Å². The highest BCUT2D eigenvalue weighted by atomic mass is 16.3. The van der Waals surface area contributed by atoms with Crippen LogP contribution >= 0.6 is 0 Å². The lowest BCUT2D eigenvalue weighted by molar-refractivity contribution is -0.114. The molecule has 2 aromatic rings. The number of benzene rings is 2. The molecule has 0 unspecified atom stereocenters. The summed E-state index contributed by atoms with van der Waals surface area (Å²) in [5.41, 5.74) is 5.52. The Morgan fingerprint density at radius 1 is 1.33 bits per heavy atom. The minimum atomic E-state index is -0.787. The number of nitrogens with zero attached hydrogens (tertiary/aromatic N) is 1. The zero-order chi connectivity index (χ0) is 13.1. The number of carbonyl (C=O) groups excluding carboxylic acids is 1. The third-order valence-electron chi connectivity index (χ3n) is 2.56. The highest BCUT2D eigenvalue weighted by molar-refractivity contribution is 6.03. The molecule has 0 aliphatic carbocycles. The van der Waals surface area contributed by atoms with Gasteiger partial charge in [-0.1, -0.05) is 24.3 Å². The number of fused-ring (bicyclic) bond motifs is 1. The molecular formula is C14H10N2O2. The summed E-state index contributed by atoms with van der Waals surface area (Å²) in [5, 5.41) is 20.1. The first-order valence-electron chi connectivity index (χ1n) is 5.25. The Hall–Kier alpha value is -2.80. The van der Waals surface area contributed by atoms with Crippen molar-refractivity contribution in [3.05, 3.63) is 47.5 Å². The first kappa shape index (κ1) is 11.7. The fraction of sp³-hybridized carbons (Fsp3) is 0. The van der Waals surface area contributed by atoms with Crippen LogP contribution < -0.4 is 5.73 Å². The molecule has 0 bridgehead atoms. The maximum Gasteiger partial charge on any atom is 0.259 e. The van der Waals surface area contributed by atoms with Gasteiger partial charge in [0.15, 0.2) is 0 Å². The van der Waals surface area contributed by atoms with Gasteiger partial charge >= 0.3 is 0 Å². The van der Waals surface area contributed by atoms with Crippen LogP contribution in [0.25, 0.3) is 16.8 Å². The predicted octanol–water partition coefficient (Wildman–Crippen LogP) is 1.94. The SMILES string of the molecule is N#CC(=Cc1cc(O)cc2ccccc12)C(N)=O. The zero-order valence-electron chi connectivity index (χ0n) is 9.42. The molecule has 1 amide bonds. The summed E-state index contributed by atoms with van der Waals surface area (Å²) in [6.45, 7) is 0. The smallest absolute Gasteiger partial charge is 0.259 e. The van der Waals surface area contributed by atoms with E-state index in [1.807, 2.05) is 24.3 Å². The Morgan fingerprint density at radius 2 is 2.06 bits per heavy atom. The van der Waals surface area contributed by atoms with Crippen LogP contribution in [0.3, 0.4) is 0 Å². The molecule has 0 saturated carbocycles. The number of amides is 1. The van der Waals surface area contributed by atoms with Crippen LogP contribution in [0.1, 0.15) is 5.56 Å². The molecule has 0 fully saturated rings. The summed E-state index contributed by atoms with van der Waals surface area (Å²) in [6, 6.07) is 12.2. The lowest BCUT2D eigenvalue weighted by Crippen LogP contribution is -2.12. The van der Waals surface area contributed by atoms with Gasteiger partial charge in [0.05, 0.1) is 0 Å². The number of nitrogens with two attached hydrogens (primary N) is 1. The van der Waals surface area contributed by atoms with E-state index in [0.717, 1.165) is 10.8 Å². The van der Waals surface area contributed by atoms with Gasteiger partial charge in [-0.15, -0.1) is 0 Å². The van der Waals surface area contributed by atoms with E-state index in [-0.39, 0.29) is 11.3 Å². The van der Waals surface area contributed by atoms with Gasteiger partial charge in [0.1, 0.15) is 17.4 Å². The highest BCUT2D eigenvalue weighted by Gasteiger charge is 2.06. The van der Waals surface area contributed by atoms with Crippen LogP contribution in [0.15, 0.2) is 42.0 Å². The topological polar surface area (TPSA) is 87.1 Å². The summed E-state index contributed by atoms with van der Waals surface area (Å²) in [7, 11) is 0. The van der Waals surface area contributed by atoms with Crippen molar-refractivity contribution in [3.63, 3.8) is 0 Å². The zero-order valence-corrected chi connectivity index (χ0v) is 9.42. The average Bonchev–Trinajstić information content (AvgIpc) is 2.35. The second-order valence-electron chi connectivity index (χ2n) is 3.79. The molecular weight excluding hydrogens is 228 g/mol. The van der Waals surface area contributed by atoms with Crippen molar-refractivity contribution >= 4 is 22.8 Å². The minimum Gasteiger partial charge on any atom is -0.508 e. The minimum absolute atomic E-state index is 0.0710. The van der Waals surface area contributed by atoms with Gasteiger partial charge in [-0.05, 0) is 34.5 Å². The number of phenols is 1. The third-order valence-corrected chi connectivity index (χ3v) is 2.56. The first-order valence-corrected chi connectivity index (χ1v) is 5.25. The van der Waals surface area contributed by atoms with E-state index in [1.54, 1.807) is 12.1 Å². The van der Waals surface area contributed by atoms with Crippen molar-refractivity contribution < 1.29 is 9.90 Å². The van der Waals surface area contributed by atoms with Gasteiger partial charge in [0.25, 0.3) is 5.91 Å². The molecule has 0 spiro atoms. The number of carbonyl (C=O) groups is 1. The number of primary amides is 1. The van der Waals surface area contributed by atoms with Gasteiger partial charge in [-0.25, -0.2) is 0 Å². The number of hydrogen-bond donors (Lipinski definition) is 2. The maximum absolute atomic E-state index is 11.0. The van der Waals surface area contributed by atoms with Gasteiger partial charge in [0, 0.05) is 0 Å². The van der Waals surface area contributed by atoms with Crippen LogP contribution in [0, 0.1) is 11.3 Å². The van der Waals surface area contributed by atoms with E-state index in [9.17, 15) is 9.90 Å². The molecule has 3 N–H and O–H groups in total. The van der Waals surface area contributed by atoms with Gasteiger partial charge in [-0.2, -0.15) is 5.26 Å². The molecule has 0 saturated heterocycles. The fourth-order valence-corrected chi connectivity index (χ4v) is 1.76. The number of hydrogen-bond acceptors (Lipinski definition) is 3. The summed E-state index contributed by atoms with van der Waals surface area (Å²) >= 11 is 0. The van der Waals surface area contributed by atoms with Gasteiger partial charge in [-0.3, -0.25) is 4.79 Å². The van der Waals surface area contributed by atoms with Crippen LogP contribution in [0.5, 0.6) is 5.75 Å². The molecule has 0 aliphatic rings. The van der Waals surface area contributed by atoms with Crippen LogP contribution in [-0.2, 0) is 4.79 Å². The fourth-order valence-electron chi connectivity index (χ4n) is 1.76. The Balaban J connectivity index is 2.72. The van der Waals surface area contributed by atoms with Crippen LogP contribution in [-0.4, -0.2) is 11.0 Å². The molecule has 2 aromatic carbocycles. The second kappa shape index (κ2) is 4.60. The number of phenolic OH excluding ortho intramolecular Hbond substituents is 1. The molecule has 2 rings (SSSR count). The normalized spacial score (nSPS) is 11.2. The lowest BCUT2D eigenvalue weighted by Gasteiger charge is -2.04. The molecule has 0 radical (unpaired) electrons. The standard InChI is InChI=1S/C14H10N2O2/c15-8-11(14(16)18)5-10-7-12(17)6-9-3-1-2-4-13(9)10/h1-7,17H,(H2,16,18). The van der Waals surface area contributed by atoms with Crippen LogP contribution in [0.2, 0.25) is 0 Å². The van der Waals surface area contributed by atoms with E-state index < -0.39 is 5.91 Å². The molecule has 0 aromatic heterocycles. The van der Waals surface area contributed by atoms with Crippen LogP contribution in [0.4, 0.5) is 0 Å². The average molecular weight is 238 g/mol. The third kappa shape index (κ3) is 2.15. The Morgan fingerprint density at radius 3 is 2.72 bits per heavy atom. The van der Waals surface area contributed by atoms with E-state index in [1.165, 1.54) is 12.1 Å². The summed E-state index contributed by atoms with van der Waals surface area (Å²) < 4.78 is 0. The molecule has 4 heteroatoms. The Labute approximate surface area is 104 Å². The van der Waals surface area contributed by atoms with E-state index >= 15 is 0 Å². The Bertz CT molecular complexity index is 696. The first-order chi connectivity index (χ1) is 8.61. The molecule has 0 atom stereocenters. The Kier molecular flexibility index (Phi) is 2.98.